The lowest BCUT2D eigenvalue weighted by atomic mass is 9.93. The van der Waals surface area contributed by atoms with Crippen LogP contribution in [-0.2, 0) is 6.54 Å². The summed E-state index contributed by atoms with van der Waals surface area (Å²) < 4.78 is 5.24. The molecular weight excluding hydrogens is 454 g/mol. The fraction of sp³-hybridized carbons (Fsp3) is 0.308. The number of methoxy groups -OCH3 is 1. The van der Waals surface area contributed by atoms with Gasteiger partial charge in [0.25, 0.3) is 5.69 Å². The summed E-state index contributed by atoms with van der Waals surface area (Å²) in [4.78, 5) is 15.4. The standard InChI is InChI=1S/C26H29N3O4.ClH/c1-33-24-13-7-20(8-14-24)19-27-15-17-28(18-16-27)25(26(30)22-5-3-2-4-6-22)21-9-11-23(12-10-21)29(31)32;/h2-14,25-26,30H,15-19H2,1H3;1H. The number of non-ortho nitro benzene ring substituents is 1. The van der Waals surface area contributed by atoms with Crippen molar-refractivity contribution in [1.29, 1.82) is 0 Å². The summed E-state index contributed by atoms with van der Waals surface area (Å²) in [6.45, 7) is 4.19. The predicted octanol–water partition coefficient (Wildman–Crippen LogP) is 4.62. The zero-order valence-corrected chi connectivity index (χ0v) is 19.9. The van der Waals surface area contributed by atoms with Gasteiger partial charge in [0.2, 0.25) is 0 Å². The summed E-state index contributed by atoms with van der Waals surface area (Å²) in [5.41, 5.74) is 3.00. The van der Waals surface area contributed by atoms with Crippen molar-refractivity contribution in [3.63, 3.8) is 0 Å². The summed E-state index contributed by atoms with van der Waals surface area (Å²) in [5.74, 6) is 0.851. The van der Waals surface area contributed by atoms with Crippen molar-refractivity contribution in [3.8, 4) is 5.75 Å². The van der Waals surface area contributed by atoms with E-state index < -0.39 is 11.0 Å². The van der Waals surface area contributed by atoms with Crippen LogP contribution in [0.25, 0.3) is 0 Å². The van der Waals surface area contributed by atoms with E-state index in [0.29, 0.717) is 0 Å². The molecule has 1 N–H and O–H groups in total. The van der Waals surface area contributed by atoms with Crippen LogP contribution in [0.3, 0.4) is 0 Å². The molecule has 0 aromatic heterocycles. The van der Waals surface area contributed by atoms with Crippen LogP contribution in [-0.4, -0.2) is 53.1 Å². The molecule has 8 heteroatoms. The summed E-state index contributed by atoms with van der Waals surface area (Å²) in [5, 5.41) is 22.4. The van der Waals surface area contributed by atoms with E-state index in [1.54, 1.807) is 19.2 Å². The summed E-state index contributed by atoms with van der Waals surface area (Å²) >= 11 is 0. The molecule has 1 heterocycles. The maximum atomic E-state index is 11.3. The van der Waals surface area contributed by atoms with Gasteiger partial charge < -0.3 is 9.84 Å². The molecule has 1 aliphatic heterocycles. The average molecular weight is 484 g/mol. The zero-order valence-electron chi connectivity index (χ0n) is 19.1. The van der Waals surface area contributed by atoms with Crippen molar-refractivity contribution in [2.24, 2.45) is 0 Å². The van der Waals surface area contributed by atoms with E-state index in [1.165, 1.54) is 17.7 Å². The first-order valence-corrected chi connectivity index (χ1v) is 11.1. The Morgan fingerprint density at radius 1 is 0.912 bits per heavy atom. The summed E-state index contributed by atoms with van der Waals surface area (Å²) in [6, 6.07) is 24.0. The molecule has 4 rings (SSSR count). The molecule has 180 valence electrons. The molecule has 2 atom stereocenters. The second-order valence-corrected chi connectivity index (χ2v) is 8.31. The maximum Gasteiger partial charge on any atom is 0.269 e. The maximum absolute atomic E-state index is 11.3. The molecule has 0 saturated carbocycles. The lowest BCUT2D eigenvalue weighted by molar-refractivity contribution is -0.384. The quantitative estimate of drug-likeness (QED) is 0.372. The highest BCUT2D eigenvalue weighted by Gasteiger charge is 2.31. The Balaban J connectivity index is 0.00000324. The van der Waals surface area contributed by atoms with Crippen LogP contribution < -0.4 is 4.74 Å². The first-order chi connectivity index (χ1) is 16.0. The Bertz CT molecular complexity index is 1040. The van der Waals surface area contributed by atoms with Gasteiger partial charge in [-0.25, -0.2) is 0 Å². The number of nitro benzene ring substituents is 1. The predicted molar refractivity (Wildman–Crippen MR) is 134 cm³/mol. The number of aliphatic hydroxyl groups excluding tert-OH is 1. The number of halogens is 1. The van der Waals surface area contributed by atoms with Gasteiger partial charge in [0, 0.05) is 44.9 Å². The largest absolute Gasteiger partial charge is 0.497 e. The van der Waals surface area contributed by atoms with Gasteiger partial charge in [-0.15, -0.1) is 12.4 Å². The van der Waals surface area contributed by atoms with Gasteiger partial charge in [-0.05, 0) is 28.8 Å². The van der Waals surface area contributed by atoms with Gasteiger partial charge in [0.1, 0.15) is 5.75 Å². The minimum Gasteiger partial charge on any atom is -0.497 e. The van der Waals surface area contributed by atoms with Crippen molar-refractivity contribution in [2.75, 3.05) is 33.3 Å². The average Bonchev–Trinajstić information content (AvgIpc) is 2.86. The van der Waals surface area contributed by atoms with Crippen LogP contribution in [0.15, 0.2) is 78.9 Å². The van der Waals surface area contributed by atoms with E-state index >= 15 is 0 Å². The first kappa shape index (κ1) is 25.6. The molecule has 34 heavy (non-hydrogen) atoms. The number of rotatable bonds is 8. The molecule has 2 unspecified atom stereocenters. The summed E-state index contributed by atoms with van der Waals surface area (Å²) in [6.07, 6.45) is -0.735. The van der Waals surface area contributed by atoms with E-state index in [9.17, 15) is 15.2 Å². The molecule has 7 nitrogen and oxygen atoms in total. The van der Waals surface area contributed by atoms with Crippen molar-refractivity contribution in [2.45, 2.75) is 18.7 Å². The van der Waals surface area contributed by atoms with Crippen LogP contribution in [0.2, 0.25) is 0 Å². The van der Waals surface area contributed by atoms with Crippen LogP contribution >= 0.6 is 12.4 Å². The number of piperazine rings is 1. The topological polar surface area (TPSA) is 79.1 Å². The fourth-order valence-corrected chi connectivity index (χ4v) is 4.41. The molecule has 0 bridgehead atoms. The third kappa shape index (κ3) is 6.12. The van der Waals surface area contributed by atoms with Gasteiger partial charge in [0.15, 0.2) is 0 Å². The van der Waals surface area contributed by atoms with E-state index in [0.717, 1.165) is 49.6 Å². The molecule has 0 spiro atoms. The number of nitrogens with zero attached hydrogens (tertiary/aromatic N) is 3. The van der Waals surface area contributed by atoms with Gasteiger partial charge >= 0.3 is 0 Å². The van der Waals surface area contributed by atoms with Gasteiger partial charge in [0.05, 0.1) is 24.2 Å². The van der Waals surface area contributed by atoms with Crippen LogP contribution in [0.4, 0.5) is 5.69 Å². The molecular formula is C26H30ClN3O4. The first-order valence-electron chi connectivity index (χ1n) is 11.1. The van der Waals surface area contributed by atoms with Crippen LogP contribution in [0.5, 0.6) is 5.75 Å². The van der Waals surface area contributed by atoms with E-state index in [-0.39, 0.29) is 24.1 Å². The van der Waals surface area contributed by atoms with Crippen molar-refractivity contribution < 1.29 is 14.8 Å². The Hall–Kier alpha value is -2.97. The molecule has 0 radical (unpaired) electrons. The smallest absolute Gasteiger partial charge is 0.269 e. The van der Waals surface area contributed by atoms with E-state index in [1.807, 2.05) is 42.5 Å². The van der Waals surface area contributed by atoms with Gasteiger partial charge in [-0.3, -0.25) is 19.9 Å². The Labute approximate surface area is 206 Å². The molecule has 0 aliphatic carbocycles. The van der Waals surface area contributed by atoms with Crippen molar-refractivity contribution in [3.05, 3.63) is 106 Å². The minimum absolute atomic E-state index is 0. The minimum atomic E-state index is -0.735. The number of aliphatic hydroxyl groups is 1. The van der Waals surface area contributed by atoms with Crippen molar-refractivity contribution in [1.82, 2.24) is 9.80 Å². The number of hydrogen-bond donors (Lipinski definition) is 1. The Morgan fingerprint density at radius 2 is 1.53 bits per heavy atom. The van der Waals surface area contributed by atoms with E-state index in [4.69, 9.17) is 4.74 Å². The molecule has 1 aliphatic rings. The van der Waals surface area contributed by atoms with E-state index in [2.05, 4.69) is 21.9 Å². The molecule has 1 saturated heterocycles. The number of ether oxygens (including phenoxy) is 1. The highest BCUT2D eigenvalue weighted by atomic mass is 35.5. The Morgan fingerprint density at radius 3 is 2.09 bits per heavy atom. The summed E-state index contributed by atoms with van der Waals surface area (Å²) in [7, 11) is 1.67. The third-order valence-electron chi connectivity index (χ3n) is 6.25. The lowest BCUT2D eigenvalue weighted by Gasteiger charge is -2.41. The second-order valence-electron chi connectivity index (χ2n) is 8.31. The SMILES string of the molecule is COc1ccc(CN2CCN(C(c3ccc([N+](=O)[O-])cc3)C(O)c3ccccc3)CC2)cc1.Cl. The highest BCUT2D eigenvalue weighted by molar-refractivity contribution is 5.85. The number of benzene rings is 3. The van der Waals surface area contributed by atoms with Crippen LogP contribution in [0.1, 0.15) is 28.8 Å². The fourth-order valence-electron chi connectivity index (χ4n) is 4.41. The van der Waals surface area contributed by atoms with Crippen molar-refractivity contribution >= 4 is 18.1 Å². The normalized spacial score (nSPS) is 16.3. The van der Waals surface area contributed by atoms with Crippen LogP contribution in [0, 0.1) is 10.1 Å². The number of hydrogen-bond acceptors (Lipinski definition) is 6. The molecule has 3 aromatic rings. The third-order valence-corrected chi connectivity index (χ3v) is 6.25. The van der Waals surface area contributed by atoms with Gasteiger partial charge in [-0.1, -0.05) is 54.6 Å². The zero-order chi connectivity index (χ0) is 23.2. The monoisotopic (exact) mass is 483 g/mol. The second kappa shape index (κ2) is 11.9. The van der Waals surface area contributed by atoms with Gasteiger partial charge in [-0.2, -0.15) is 0 Å². The molecule has 1 fully saturated rings. The lowest BCUT2D eigenvalue weighted by Crippen LogP contribution is -2.48. The molecule has 0 amide bonds. The number of nitro groups is 1. The Kier molecular flexibility index (Phi) is 9.01. The molecule has 3 aromatic carbocycles. The highest BCUT2D eigenvalue weighted by Crippen LogP contribution is 2.35.